The van der Waals surface area contributed by atoms with Crippen LogP contribution in [0.4, 0.5) is 11.4 Å². The number of nitrogens with one attached hydrogen (secondary N) is 2. The van der Waals surface area contributed by atoms with Crippen molar-refractivity contribution in [3.63, 3.8) is 0 Å². The van der Waals surface area contributed by atoms with Crippen molar-refractivity contribution in [2.45, 2.75) is 38.3 Å². The summed E-state index contributed by atoms with van der Waals surface area (Å²) in [5.74, 6) is -0.162. The second kappa shape index (κ2) is 8.14. The highest BCUT2D eigenvalue weighted by atomic mass is 16.2. The van der Waals surface area contributed by atoms with Crippen molar-refractivity contribution in [3.8, 4) is 0 Å². The topological polar surface area (TPSA) is 79.3 Å². The molecule has 1 fully saturated rings. The Morgan fingerprint density at radius 1 is 1.19 bits per heavy atom. The average Bonchev–Trinajstić information content (AvgIpc) is 3.16. The maximum Gasteiger partial charge on any atom is 0.248 e. The van der Waals surface area contributed by atoms with Crippen LogP contribution in [-0.4, -0.2) is 46.1 Å². The Balaban J connectivity index is 1.62. The van der Waals surface area contributed by atoms with Crippen LogP contribution in [0.25, 0.3) is 0 Å². The molecule has 3 rings (SSSR count). The number of hydrogen-bond acceptors (Lipinski definition) is 4. The Labute approximate surface area is 153 Å². The van der Waals surface area contributed by atoms with Crippen molar-refractivity contribution >= 4 is 23.2 Å². The second-order valence-corrected chi connectivity index (χ2v) is 6.71. The number of anilines is 2. The molecular formula is C19H25N5O2. The van der Waals surface area contributed by atoms with Crippen molar-refractivity contribution in [1.29, 1.82) is 0 Å². The van der Waals surface area contributed by atoms with Gasteiger partial charge in [0.2, 0.25) is 11.8 Å². The summed E-state index contributed by atoms with van der Waals surface area (Å²) in [7, 11) is 1.98. The first-order chi connectivity index (χ1) is 12.5. The van der Waals surface area contributed by atoms with E-state index in [9.17, 15) is 9.59 Å². The zero-order valence-corrected chi connectivity index (χ0v) is 15.2. The number of carbonyl (C=O) groups excluding carboxylic acids is 2. The monoisotopic (exact) mass is 355 g/mol. The smallest absolute Gasteiger partial charge is 0.248 e. The number of likely N-dealkylation sites (N-methyl/N-ethyl adjacent to an activating group) is 1. The zero-order valence-electron chi connectivity index (χ0n) is 15.2. The van der Waals surface area contributed by atoms with Crippen LogP contribution < -0.4 is 10.6 Å². The number of aromatic nitrogens is 2. The van der Waals surface area contributed by atoms with Gasteiger partial charge in [-0.15, -0.1) is 0 Å². The highest BCUT2D eigenvalue weighted by Gasteiger charge is 2.25. The fourth-order valence-electron chi connectivity index (χ4n) is 3.18. The zero-order chi connectivity index (χ0) is 18.5. The molecule has 0 saturated carbocycles. The Morgan fingerprint density at radius 3 is 2.65 bits per heavy atom. The maximum atomic E-state index is 12.5. The molecule has 7 heteroatoms. The van der Waals surface area contributed by atoms with Crippen LogP contribution in [0.2, 0.25) is 0 Å². The first kappa shape index (κ1) is 18.1. The largest absolute Gasteiger partial charge is 0.325 e. The van der Waals surface area contributed by atoms with Gasteiger partial charge in [0.15, 0.2) is 0 Å². The molecule has 0 bridgehead atoms. The fourth-order valence-corrected chi connectivity index (χ4v) is 3.18. The minimum atomic E-state index is -0.417. The molecule has 26 heavy (non-hydrogen) atoms. The molecule has 0 aliphatic carbocycles. The summed E-state index contributed by atoms with van der Waals surface area (Å²) >= 11 is 0. The summed E-state index contributed by atoms with van der Waals surface area (Å²) in [6.07, 6.45) is 6.48. The number of rotatable bonds is 5. The van der Waals surface area contributed by atoms with Gasteiger partial charge in [0.1, 0.15) is 6.04 Å². The summed E-state index contributed by atoms with van der Waals surface area (Å²) in [4.78, 5) is 27.0. The van der Waals surface area contributed by atoms with Crippen LogP contribution in [0, 0.1) is 0 Å². The number of amides is 2. The predicted octanol–water partition coefficient (Wildman–Crippen LogP) is 2.51. The van der Waals surface area contributed by atoms with Gasteiger partial charge in [0.05, 0.1) is 6.04 Å². The molecule has 2 amide bonds. The number of likely N-dealkylation sites (tertiary alicyclic amines) is 1. The summed E-state index contributed by atoms with van der Waals surface area (Å²) in [6.45, 7) is 2.73. The lowest BCUT2D eigenvalue weighted by molar-refractivity contribution is -0.122. The van der Waals surface area contributed by atoms with E-state index in [-0.39, 0.29) is 17.9 Å². The van der Waals surface area contributed by atoms with E-state index in [1.165, 1.54) is 0 Å². The van der Waals surface area contributed by atoms with Crippen molar-refractivity contribution in [1.82, 2.24) is 14.7 Å². The van der Waals surface area contributed by atoms with Crippen LogP contribution in [0.5, 0.6) is 0 Å². The van der Waals surface area contributed by atoms with E-state index in [1.807, 2.05) is 19.2 Å². The highest BCUT2D eigenvalue weighted by molar-refractivity contribution is 5.97. The van der Waals surface area contributed by atoms with Crippen molar-refractivity contribution in [3.05, 3.63) is 42.7 Å². The SMILES string of the molecule is CC(C(=O)Nc1cccc(NC(=O)C2CCCCN2C)c1)n1cccn1. The summed E-state index contributed by atoms with van der Waals surface area (Å²) in [5, 5.41) is 9.92. The fraction of sp³-hybridized carbons (Fsp3) is 0.421. The second-order valence-electron chi connectivity index (χ2n) is 6.71. The third-order valence-corrected chi connectivity index (χ3v) is 4.77. The molecule has 2 aromatic rings. The molecule has 2 N–H and O–H groups in total. The lowest BCUT2D eigenvalue weighted by Crippen LogP contribution is -2.44. The molecule has 0 radical (unpaired) electrons. The average molecular weight is 355 g/mol. The van der Waals surface area contributed by atoms with Crippen LogP contribution in [0.3, 0.4) is 0 Å². The number of carbonyl (C=O) groups is 2. The molecule has 2 unspecified atom stereocenters. The van der Waals surface area contributed by atoms with Gasteiger partial charge >= 0.3 is 0 Å². The minimum absolute atomic E-state index is 0.000542. The van der Waals surface area contributed by atoms with E-state index in [0.29, 0.717) is 11.4 Å². The van der Waals surface area contributed by atoms with E-state index in [1.54, 1.807) is 42.2 Å². The number of hydrogen-bond donors (Lipinski definition) is 2. The predicted molar refractivity (Wildman–Crippen MR) is 101 cm³/mol. The van der Waals surface area contributed by atoms with Gasteiger partial charge in [-0.1, -0.05) is 12.5 Å². The van der Waals surface area contributed by atoms with Crippen molar-refractivity contribution in [2.24, 2.45) is 0 Å². The van der Waals surface area contributed by atoms with E-state index in [0.717, 1.165) is 25.8 Å². The molecular weight excluding hydrogens is 330 g/mol. The molecule has 2 heterocycles. The summed E-state index contributed by atoms with van der Waals surface area (Å²) < 4.78 is 1.60. The minimum Gasteiger partial charge on any atom is -0.325 e. The third-order valence-electron chi connectivity index (χ3n) is 4.77. The van der Waals surface area contributed by atoms with Crippen molar-refractivity contribution in [2.75, 3.05) is 24.2 Å². The van der Waals surface area contributed by atoms with Gasteiger partial charge in [0.25, 0.3) is 0 Å². The van der Waals surface area contributed by atoms with Gasteiger partial charge in [-0.25, -0.2) is 0 Å². The Morgan fingerprint density at radius 2 is 1.96 bits per heavy atom. The van der Waals surface area contributed by atoms with Gasteiger partial charge in [-0.3, -0.25) is 19.2 Å². The lowest BCUT2D eigenvalue weighted by atomic mass is 10.0. The van der Waals surface area contributed by atoms with E-state index >= 15 is 0 Å². The van der Waals surface area contributed by atoms with Gasteiger partial charge in [-0.2, -0.15) is 5.10 Å². The molecule has 1 saturated heterocycles. The summed E-state index contributed by atoms with van der Waals surface area (Å²) in [6, 6.07) is 8.48. The first-order valence-electron chi connectivity index (χ1n) is 8.96. The maximum absolute atomic E-state index is 12.5. The lowest BCUT2D eigenvalue weighted by Gasteiger charge is -2.31. The van der Waals surface area contributed by atoms with Crippen LogP contribution in [-0.2, 0) is 9.59 Å². The van der Waals surface area contributed by atoms with Gasteiger partial charge in [0, 0.05) is 23.8 Å². The number of nitrogens with zero attached hydrogens (tertiary/aromatic N) is 3. The van der Waals surface area contributed by atoms with Crippen molar-refractivity contribution < 1.29 is 9.59 Å². The van der Waals surface area contributed by atoms with Crippen LogP contribution in [0.1, 0.15) is 32.2 Å². The standard InChI is InChI=1S/C19H25N5O2/c1-14(24-12-6-10-20-24)18(25)21-15-7-5-8-16(13-15)22-19(26)17-9-3-4-11-23(17)2/h5-8,10,12-14,17H,3-4,9,11H2,1-2H3,(H,21,25)(H,22,26). The molecule has 1 aromatic heterocycles. The molecule has 2 atom stereocenters. The van der Waals surface area contributed by atoms with Gasteiger partial charge < -0.3 is 10.6 Å². The number of piperidine rings is 1. The highest BCUT2D eigenvalue weighted by Crippen LogP contribution is 2.20. The molecule has 0 spiro atoms. The molecule has 1 aromatic carbocycles. The molecule has 7 nitrogen and oxygen atoms in total. The molecule has 138 valence electrons. The van der Waals surface area contributed by atoms with Crippen LogP contribution >= 0.6 is 0 Å². The Hall–Kier alpha value is -2.67. The summed E-state index contributed by atoms with van der Waals surface area (Å²) in [5.41, 5.74) is 1.32. The van der Waals surface area contributed by atoms with E-state index in [2.05, 4.69) is 20.6 Å². The molecule has 1 aliphatic heterocycles. The normalized spacial score (nSPS) is 18.9. The van der Waals surface area contributed by atoms with E-state index < -0.39 is 6.04 Å². The third kappa shape index (κ3) is 4.29. The van der Waals surface area contributed by atoms with E-state index in [4.69, 9.17) is 0 Å². The number of benzene rings is 1. The van der Waals surface area contributed by atoms with Gasteiger partial charge in [-0.05, 0) is 57.6 Å². The van der Waals surface area contributed by atoms with Crippen LogP contribution in [0.15, 0.2) is 42.7 Å². The Kier molecular flexibility index (Phi) is 5.68. The Bertz CT molecular complexity index is 759. The quantitative estimate of drug-likeness (QED) is 0.864. The molecule has 1 aliphatic rings. The first-order valence-corrected chi connectivity index (χ1v) is 8.96.